The van der Waals surface area contributed by atoms with Crippen LogP contribution in [0.3, 0.4) is 0 Å². The van der Waals surface area contributed by atoms with Gasteiger partial charge < -0.3 is 15.0 Å². The average Bonchev–Trinajstić information content (AvgIpc) is 3.48. The number of hydrogen-bond acceptors (Lipinski definition) is 3. The molecule has 39 heavy (non-hydrogen) atoms. The van der Waals surface area contributed by atoms with Crippen LogP contribution in [0.25, 0.3) is 10.8 Å². The summed E-state index contributed by atoms with van der Waals surface area (Å²) >= 11 is 6.52. The van der Waals surface area contributed by atoms with Crippen molar-refractivity contribution in [3.05, 3.63) is 113 Å². The molecule has 2 amide bonds. The Labute approximate surface area is 234 Å². The number of amides is 2. The van der Waals surface area contributed by atoms with Crippen molar-refractivity contribution >= 4 is 34.2 Å². The lowest BCUT2D eigenvalue weighted by Gasteiger charge is -2.32. The third-order valence-electron chi connectivity index (χ3n) is 7.37. The van der Waals surface area contributed by atoms with Gasteiger partial charge in [0.15, 0.2) is 6.61 Å². The third kappa shape index (κ3) is 6.79. The second-order valence-electron chi connectivity index (χ2n) is 10.1. The summed E-state index contributed by atoms with van der Waals surface area (Å²) in [7, 11) is 0. The van der Waals surface area contributed by atoms with E-state index < -0.39 is 6.04 Å². The Morgan fingerprint density at radius 1 is 0.872 bits per heavy atom. The Kier molecular flexibility index (Phi) is 8.79. The van der Waals surface area contributed by atoms with Gasteiger partial charge in [-0.3, -0.25) is 9.59 Å². The zero-order valence-electron chi connectivity index (χ0n) is 21.9. The van der Waals surface area contributed by atoms with Crippen molar-refractivity contribution in [2.75, 3.05) is 6.61 Å². The van der Waals surface area contributed by atoms with Gasteiger partial charge in [0, 0.05) is 29.4 Å². The Morgan fingerprint density at radius 2 is 1.56 bits per heavy atom. The molecule has 4 aromatic carbocycles. The average molecular weight is 541 g/mol. The van der Waals surface area contributed by atoms with Crippen LogP contribution in [0.15, 0.2) is 97.1 Å². The molecule has 4 aromatic rings. The number of nitrogens with one attached hydrogen (secondary N) is 1. The molecule has 1 aliphatic carbocycles. The molecular formula is C33H33ClN2O3. The van der Waals surface area contributed by atoms with Crippen LogP contribution in [-0.4, -0.2) is 35.4 Å². The Morgan fingerprint density at radius 3 is 2.36 bits per heavy atom. The van der Waals surface area contributed by atoms with E-state index in [-0.39, 0.29) is 31.0 Å². The molecule has 200 valence electrons. The van der Waals surface area contributed by atoms with Crippen molar-refractivity contribution in [3.8, 4) is 5.75 Å². The maximum Gasteiger partial charge on any atom is 0.261 e. The second-order valence-corrected chi connectivity index (χ2v) is 10.5. The Hall–Kier alpha value is -3.83. The molecule has 5 nitrogen and oxygen atoms in total. The highest BCUT2D eigenvalue weighted by molar-refractivity contribution is 6.31. The number of fused-ring (bicyclic) bond motifs is 1. The molecule has 1 aliphatic rings. The van der Waals surface area contributed by atoms with Crippen LogP contribution in [0.5, 0.6) is 5.75 Å². The second kappa shape index (κ2) is 12.8. The van der Waals surface area contributed by atoms with Gasteiger partial charge in [0.05, 0.1) is 0 Å². The first-order chi connectivity index (χ1) is 19.1. The predicted molar refractivity (Wildman–Crippen MR) is 156 cm³/mol. The zero-order chi connectivity index (χ0) is 27.0. The molecule has 0 bridgehead atoms. The van der Waals surface area contributed by atoms with Gasteiger partial charge in [0.2, 0.25) is 5.91 Å². The number of halogens is 1. The van der Waals surface area contributed by atoms with E-state index in [1.54, 1.807) is 11.0 Å². The van der Waals surface area contributed by atoms with Crippen LogP contribution in [0.2, 0.25) is 5.02 Å². The van der Waals surface area contributed by atoms with Crippen LogP contribution >= 0.6 is 11.6 Å². The fraction of sp³-hybridized carbons (Fsp3) is 0.273. The van der Waals surface area contributed by atoms with Gasteiger partial charge in [-0.25, -0.2) is 0 Å². The molecule has 6 heteroatoms. The maximum atomic E-state index is 13.9. The summed E-state index contributed by atoms with van der Waals surface area (Å²) in [5, 5.41) is 5.75. The number of nitrogens with zero attached hydrogens (tertiary/aromatic N) is 1. The van der Waals surface area contributed by atoms with E-state index in [1.165, 1.54) is 0 Å². The van der Waals surface area contributed by atoms with Crippen LogP contribution in [0.4, 0.5) is 0 Å². The normalized spacial score (nSPS) is 14.2. The van der Waals surface area contributed by atoms with Gasteiger partial charge in [-0.2, -0.15) is 0 Å². The topological polar surface area (TPSA) is 58.6 Å². The summed E-state index contributed by atoms with van der Waals surface area (Å²) in [6, 6.07) is 30.4. The number of carbonyl (C=O) groups is 2. The first-order valence-electron chi connectivity index (χ1n) is 13.6. The lowest BCUT2D eigenvalue weighted by atomic mass is 10.0. The van der Waals surface area contributed by atoms with Gasteiger partial charge in [-0.1, -0.05) is 109 Å². The quantitative estimate of drug-likeness (QED) is 0.247. The summed E-state index contributed by atoms with van der Waals surface area (Å²) < 4.78 is 6.09. The van der Waals surface area contributed by atoms with E-state index in [1.807, 2.05) is 91.0 Å². The molecule has 0 radical (unpaired) electrons. The molecule has 0 heterocycles. The molecule has 1 fully saturated rings. The fourth-order valence-corrected chi connectivity index (χ4v) is 5.47. The van der Waals surface area contributed by atoms with Crippen molar-refractivity contribution in [1.82, 2.24) is 10.2 Å². The molecule has 5 rings (SSSR count). The van der Waals surface area contributed by atoms with Gasteiger partial charge >= 0.3 is 0 Å². The highest BCUT2D eigenvalue weighted by Gasteiger charge is 2.32. The largest absolute Gasteiger partial charge is 0.483 e. The molecule has 0 aliphatic heterocycles. The number of rotatable bonds is 10. The van der Waals surface area contributed by atoms with E-state index >= 15 is 0 Å². The minimum absolute atomic E-state index is 0.139. The summed E-state index contributed by atoms with van der Waals surface area (Å²) in [6.07, 6.45) is 4.54. The molecule has 0 unspecified atom stereocenters. The van der Waals surface area contributed by atoms with Crippen LogP contribution in [0, 0.1) is 0 Å². The maximum absolute atomic E-state index is 13.9. The molecule has 1 saturated carbocycles. The van der Waals surface area contributed by atoms with Gasteiger partial charge in [0.25, 0.3) is 5.91 Å². The van der Waals surface area contributed by atoms with Gasteiger partial charge in [-0.05, 0) is 41.5 Å². The smallest absolute Gasteiger partial charge is 0.261 e. The Bertz CT molecular complexity index is 1410. The Balaban J connectivity index is 1.44. The highest BCUT2D eigenvalue weighted by Crippen LogP contribution is 2.26. The fourth-order valence-electron chi connectivity index (χ4n) is 5.28. The zero-order valence-corrected chi connectivity index (χ0v) is 22.6. The monoisotopic (exact) mass is 540 g/mol. The lowest BCUT2D eigenvalue weighted by molar-refractivity contribution is -0.143. The van der Waals surface area contributed by atoms with Crippen molar-refractivity contribution in [2.45, 2.75) is 50.7 Å². The molecule has 1 N–H and O–H groups in total. The summed E-state index contributed by atoms with van der Waals surface area (Å²) in [4.78, 5) is 29.3. The number of hydrogen-bond donors (Lipinski definition) is 1. The van der Waals surface area contributed by atoms with E-state index in [4.69, 9.17) is 16.3 Å². The lowest BCUT2D eigenvalue weighted by Crippen LogP contribution is -2.53. The minimum atomic E-state index is -0.715. The minimum Gasteiger partial charge on any atom is -0.483 e. The van der Waals surface area contributed by atoms with Gasteiger partial charge in [-0.15, -0.1) is 0 Å². The molecule has 1 atom stereocenters. The summed E-state index contributed by atoms with van der Waals surface area (Å²) in [5.74, 6) is 0.218. The van der Waals surface area contributed by atoms with Crippen molar-refractivity contribution in [3.63, 3.8) is 0 Å². The van der Waals surface area contributed by atoms with E-state index in [0.717, 1.165) is 47.6 Å². The standard InChI is InChI=1S/C33H33ClN2O3/c34-29-19-9-5-14-26(29)22-36(32(37)23-39-31-20-10-15-25-13-4-8-18-28(25)31)30(21-24-11-2-1-3-12-24)33(38)35-27-16-6-7-17-27/h1-5,8-15,18-20,27,30H,6-7,16-17,21-23H2,(H,35,38)/t30-/m1/s1. The molecule has 0 spiro atoms. The number of carbonyl (C=O) groups excluding carboxylic acids is 2. The van der Waals surface area contributed by atoms with E-state index in [0.29, 0.717) is 17.2 Å². The van der Waals surface area contributed by atoms with Crippen LogP contribution in [0.1, 0.15) is 36.8 Å². The summed E-state index contributed by atoms with van der Waals surface area (Å²) in [5.41, 5.74) is 1.76. The number of benzene rings is 4. The first kappa shape index (κ1) is 26.8. The molecule has 0 aromatic heterocycles. The van der Waals surface area contributed by atoms with E-state index in [2.05, 4.69) is 5.32 Å². The van der Waals surface area contributed by atoms with E-state index in [9.17, 15) is 9.59 Å². The highest BCUT2D eigenvalue weighted by atomic mass is 35.5. The molecular weight excluding hydrogens is 508 g/mol. The third-order valence-corrected chi connectivity index (χ3v) is 7.74. The van der Waals surface area contributed by atoms with Crippen LogP contribution in [-0.2, 0) is 22.6 Å². The molecule has 0 saturated heterocycles. The van der Waals surface area contributed by atoms with Crippen molar-refractivity contribution in [2.24, 2.45) is 0 Å². The van der Waals surface area contributed by atoms with Gasteiger partial charge in [0.1, 0.15) is 11.8 Å². The van der Waals surface area contributed by atoms with Crippen molar-refractivity contribution < 1.29 is 14.3 Å². The van der Waals surface area contributed by atoms with Crippen molar-refractivity contribution in [1.29, 1.82) is 0 Å². The SMILES string of the molecule is O=C(NC1CCCC1)[C@@H](Cc1ccccc1)N(Cc1ccccc1Cl)C(=O)COc1cccc2ccccc12. The number of ether oxygens (including phenoxy) is 1. The summed E-state index contributed by atoms with van der Waals surface area (Å²) in [6.45, 7) is 0.00739. The predicted octanol–water partition coefficient (Wildman–Crippen LogP) is 6.57. The first-order valence-corrected chi connectivity index (χ1v) is 13.9. The van der Waals surface area contributed by atoms with Crippen LogP contribution < -0.4 is 10.1 Å².